The Morgan fingerprint density at radius 3 is 2.20 bits per heavy atom. The predicted molar refractivity (Wildman–Crippen MR) is 122 cm³/mol. The summed E-state index contributed by atoms with van der Waals surface area (Å²) in [5.74, 6) is -9.95. The molecule has 0 atom stereocenters. The van der Waals surface area contributed by atoms with E-state index in [1.165, 1.54) is 10.9 Å². The molecule has 0 saturated heterocycles. The topological polar surface area (TPSA) is 69.0 Å². The molecule has 0 bridgehead atoms. The molecule has 0 unspecified atom stereocenters. The van der Waals surface area contributed by atoms with Crippen molar-refractivity contribution < 1.29 is 27.1 Å². The van der Waals surface area contributed by atoms with Gasteiger partial charge in [-0.05, 0) is 36.1 Å². The Kier molecular flexibility index (Phi) is 5.35. The van der Waals surface area contributed by atoms with Gasteiger partial charge in [-0.2, -0.15) is 8.78 Å². The van der Waals surface area contributed by atoms with Gasteiger partial charge in [0.15, 0.2) is 17.4 Å². The monoisotopic (exact) mass is 480 g/mol. The molecule has 6 nitrogen and oxygen atoms in total. The number of benzene rings is 4. The highest BCUT2D eigenvalue weighted by Crippen LogP contribution is 2.31. The van der Waals surface area contributed by atoms with Gasteiger partial charge >= 0.3 is 0 Å². The fourth-order valence-electron chi connectivity index (χ4n) is 3.87. The van der Waals surface area contributed by atoms with Crippen LogP contribution in [0.1, 0.15) is 15.9 Å². The number of nitrogens with zero attached hydrogens (tertiary/aromatic N) is 3. The minimum absolute atomic E-state index is 0.142. The molecule has 5 rings (SSSR count). The molecule has 0 fully saturated rings. The number of methoxy groups -OCH3 is 1. The van der Waals surface area contributed by atoms with E-state index in [0.29, 0.717) is 16.6 Å². The standard InChI is InChI=1S/C25H16F4N4O2/c1-12-10-16-17(32-33(31-16)18-9-5-7-13-6-3-4-8-14(13)18)11-15(12)30-25(34)19-20(26)22(28)24(35-2)23(29)21(19)27/h3-11H,1-2H3,(H,30,34). The highest BCUT2D eigenvalue weighted by atomic mass is 19.2. The Morgan fingerprint density at radius 2 is 1.51 bits per heavy atom. The lowest BCUT2D eigenvalue weighted by atomic mass is 10.1. The number of ether oxygens (including phenoxy) is 1. The summed E-state index contributed by atoms with van der Waals surface area (Å²) in [7, 11) is 0.851. The maximum atomic E-state index is 14.4. The molecule has 0 aliphatic carbocycles. The summed E-state index contributed by atoms with van der Waals surface area (Å²) < 4.78 is 61.2. The van der Waals surface area contributed by atoms with Gasteiger partial charge in [-0.1, -0.05) is 36.4 Å². The minimum atomic E-state index is -1.86. The summed E-state index contributed by atoms with van der Waals surface area (Å²) in [5, 5.41) is 13.2. The smallest absolute Gasteiger partial charge is 0.261 e. The van der Waals surface area contributed by atoms with Gasteiger partial charge in [-0.25, -0.2) is 8.78 Å². The summed E-state index contributed by atoms with van der Waals surface area (Å²) in [6, 6.07) is 16.5. The van der Waals surface area contributed by atoms with Gasteiger partial charge in [-0.15, -0.1) is 15.0 Å². The van der Waals surface area contributed by atoms with E-state index in [1.807, 2.05) is 42.5 Å². The van der Waals surface area contributed by atoms with Crippen LogP contribution >= 0.6 is 0 Å². The molecular formula is C25H16F4N4O2. The third-order valence-corrected chi connectivity index (χ3v) is 5.61. The van der Waals surface area contributed by atoms with Crippen molar-refractivity contribution in [3.63, 3.8) is 0 Å². The van der Waals surface area contributed by atoms with Crippen molar-refractivity contribution in [1.29, 1.82) is 0 Å². The number of carbonyl (C=O) groups is 1. The number of hydrogen-bond acceptors (Lipinski definition) is 4. The van der Waals surface area contributed by atoms with E-state index in [2.05, 4.69) is 20.3 Å². The number of aromatic nitrogens is 3. The average Bonchev–Trinajstić information content (AvgIpc) is 3.25. The molecule has 176 valence electrons. The van der Waals surface area contributed by atoms with E-state index in [-0.39, 0.29) is 5.69 Å². The summed E-state index contributed by atoms with van der Waals surface area (Å²) in [6.45, 7) is 1.63. The maximum absolute atomic E-state index is 14.4. The number of rotatable bonds is 4. The van der Waals surface area contributed by atoms with Crippen LogP contribution in [-0.4, -0.2) is 28.0 Å². The zero-order chi connectivity index (χ0) is 24.9. The van der Waals surface area contributed by atoms with Crippen LogP contribution in [0.15, 0.2) is 54.6 Å². The Balaban J connectivity index is 1.54. The van der Waals surface area contributed by atoms with Gasteiger partial charge in [0, 0.05) is 11.1 Å². The lowest BCUT2D eigenvalue weighted by Crippen LogP contribution is -2.19. The first-order chi connectivity index (χ1) is 16.8. The van der Waals surface area contributed by atoms with Gasteiger partial charge in [0.2, 0.25) is 11.6 Å². The van der Waals surface area contributed by atoms with Crippen LogP contribution < -0.4 is 10.1 Å². The molecule has 4 aromatic carbocycles. The third kappa shape index (κ3) is 3.63. The second-order valence-electron chi connectivity index (χ2n) is 7.76. The van der Waals surface area contributed by atoms with Crippen LogP contribution in [0.5, 0.6) is 5.75 Å². The van der Waals surface area contributed by atoms with Gasteiger partial charge in [0.05, 0.1) is 12.8 Å². The predicted octanol–water partition coefficient (Wildman–Crippen LogP) is 5.70. The summed E-state index contributed by atoms with van der Waals surface area (Å²) in [5.41, 5.74) is 0.851. The maximum Gasteiger partial charge on any atom is 0.261 e. The second-order valence-corrected chi connectivity index (χ2v) is 7.76. The van der Waals surface area contributed by atoms with E-state index in [1.54, 1.807) is 13.0 Å². The first-order valence-corrected chi connectivity index (χ1v) is 10.4. The molecule has 1 N–H and O–H groups in total. The molecule has 1 heterocycles. The van der Waals surface area contributed by atoms with Crippen LogP contribution in [-0.2, 0) is 0 Å². The van der Waals surface area contributed by atoms with E-state index in [9.17, 15) is 22.4 Å². The Bertz CT molecular complexity index is 1610. The van der Waals surface area contributed by atoms with Crippen molar-refractivity contribution in [1.82, 2.24) is 15.0 Å². The van der Waals surface area contributed by atoms with Crippen molar-refractivity contribution in [3.8, 4) is 11.4 Å². The quantitative estimate of drug-likeness (QED) is 0.265. The summed E-state index contributed by atoms with van der Waals surface area (Å²) in [6.07, 6.45) is 0. The molecule has 35 heavy (non-hydrogen) atoms. The molecule has 0 spiro atoms. The molecule has 10 heteroatoms. The number of carbonyl (C=O) groups excluding carboxylic acids is 1. The Morgan fingerprint density at radius 1 is 0.886 bits per heavy atom. The number of amides is 1. The van der Waals surface area contributed by atoms with Crippen molar-refractivity contribution in [2.45, 2.75) is 6.92 Å². The van der Waals surface area contributed by atoms with Crippen molar-refractivity contribution >= 4 is 33.4 Å². The van der Waals surface area contributed by atoms with Gasteiger partial charge in [0.1, 0.15) is 16.6 Å². The SMILES string of the molecule is COc1c(F)c(F)c(C(=O)Nc2cc3nn(-c4cccc5ccccc45)nc3cc2C)c(F)c1F. The highest BCUT2D eigenvalue weighted by molar-refractivity contribution is 6.06. The lowest BCUT2D eigenvalue weighted by Gasteiger charge is -2.12. The molecule has 0 radical (unpaired) electrons. The zero-order valence-electron chi connectivity index (χ0n) is 18.4. The fourth-order valence-corrected chi connectivity index (χ4v) is 3.87. The fraction of sp³-hybridized carbons (Fsp3) is 0.0800. The van der Waals surface area contributed by atoms with Crippen LogP contribution in [0, 0.1) is 30.2 Å². The molecule has 0 aliphatic rings. The highest BCUT2D eigenvalue weighted by Gasteiger charge is 2.30. The summed E-state index contributed by atoms with van der Waals surface area (Å²) in [4.78, 5) is 14.1. The average molecular weight is 480 g/mol. The van der Waals surface area contributed by atoms with Crippen LogP contribution in [0.4, 0.5) is 23.2 Å². The van der Waals surface area contributed by atoms with Gasteiger partial charge < -0.3 is 10.1 Å². The van der Waals surface area contributed by atoms with Crippen LogP contribution in [0.2, 0.25) is 0 Å². The molecule has 0 saturated carbocycles. The number of fused-ring (bicyclic) bond motifs is 2. The normalized spacial score (nSPS) is 11.3. The Hall–Kier alpha value is -4.47. The van der Waals surface area contributed by atoms with E-state index >= 15 is 0 Å². The number of nitrogens with one attached hydrogen (secondary N) is 1. The van der Waals surface area contributed by atoms with Gasteiger partial charge in [-0.3, -0.25) is 4.79 Å². The lowest BCUT2D eigenvalue weighted by molar-refractivity contribution is 0.101. The molecule has 1 amide bonds. The van der Waals surface area contributed by atoms with Crippen LogP contribution in [0.25, 0.3) is 27.5 Å². The molecular weight excluding hydrogens is 464 g/mol. The van der Waals surface area contributed by atoms with E-state index in [0.717, 1.165) is 23.6 Å². The number of aryl methyl sites for hydroxylation is 1. The van der Waals surface area contributed by atoms with Gasteiger partial charge in [0.25, 0.3) is 5.91 Å². The van der Waals surface area contributed by atoms with Crippen LogP contribution in [0.3, 0.4) is 0 Å². The molecule has 1 aromatic heterocycles. The van der Waals surface area contributed by atoms with Crippen molar-refractivity contribution in [3.05, 3.63) is 89.0 Å². The van der Waals surface area contributed by atoms with E-state index in [4.69, 9.17) is 0 Å². The molecule has 0 aliphatic heterocycles. The zero-order valence-corrected chi connectivity index (χ0v) is 18.4. The number of hydrogen-bond donors (Lipinski definition) is 1. The largest absolute Gasteiger partial charge is 0.491 e. The second kappa shape index (κ2) is 8.39. The third-order valence-electron chi connectivity index (χ3n) is 5.61. The van der Waals surface area contributed by atoms with E-state index < -0.39 is 40.5 Å². The molecule has 5 aromatic rings. The van der Waals surface area contributed by atoms with Crippen molar-refractivity contribution in [2.75, 3.05) is 12.4 Å². The number of anilines is 1. The Labute approximate surface area is 195 Å². The first-order valence-electron chi connectivity index (χ1n) is 10.4. The van der Waals surface area contributed by atoms with Crippen molar-refractivity contribution in [2.24, 2.45) is 0 Å². The summed E-state index contributed by atoms with van der Waals surface area (Å²) >= 11 is 0. The minimum Gasteiger partial charge on any atom is -0.491 e. The first kappa shape index (κ1) is 22.3. The number of halogens is 4.